The zero-order valence-electron chi connectivity index (χ0n) is 19.9. The van der Waals surface area contributed by atoms with Gasteiger partial charge in [0.1, 0.15) is 5.82 Å². The Labute approximate surface area is 213 Å². The first-order valence-corrected chi connectivity index (χ1v) is 11.0. The molecule has 13 heteroatoms. The van der Waals surface area contributed by atoms with E-state index in [9.17, 15) is 24.8 Å². The van der Waals surface area contributed by atoms with Gasteiger partial charge in [-0.2, -0.15) is 9.78 Å². The van der Waals surface area contributed by atoms with E-state index in [0.717, 1.165) is 4.68 Å². The molecule has 0 spiro atoms. The number of esters is 1. The van der Waals surface area contributed by atoms with E-state index in [1.54, 1.807) is 36.4 Å². The Morgan fingerprint density at radius 2 is 1.89 bits per heavy atom. The van der Waals surface area contributed by atoms with Crippen LogP contribution in [0.2, 0.25) is 0 Å². The number of nitro groups is 1. The van der Waals surface area contributed by atoms with Crippen molar-refractivity contribution in [3.05, 3.63) is 70.9 Å². The molecule has 0 amide bonds. The number of ether oxygens (including phenoxy) is 2. The fourth-order valence-corrected chi connectivity index (χ4v) is 3.91. The molecule has 0 aliphatic carbocycles. The number of carboxylic acid groups (broad SMARTS) is 1. The Morgan fingerprint density at radius 1 is 1.08 bits per heavy atom. The van der Waals surface area contributed by atoms with Crippen molar-refractivity contribution in [1.29, 1.82) is 0 Å². The van der Waals surface area contributed by atoms with Crippen molar-refractivity contribution in [2.24, 2.45) is 0 Å². The van der Waals surface area contributed by atoms with Gasteiger partial charge in [-0.3, -0.25) is 14.9 Å². The predicted molar refractivity (Wildman–Crippen MR) is 136 cm³/mol. The van der Waals surface area contributed by atoms with Gasteiger partial charge >= 0.3 is 12.1 Å². The topological polar surface area (TPSA) is 172 Å². The second-order valence-electron chi connectivity index (χ2n) is 8.05. The van der Waals surface area contributed by atoms with Gasteiger partial charge in [0.25, 0.3) is 5.69 Å². The van der Waals surface area contributed by atoms with Crippen molar-refractivity contribution in [1.82, 2.24) is 19.7 Å². The summed E-state index contributed by atoms with van der Waals surface area (Å²) in [7, 11) is 1.42. The van der Waals surface area contributed by atoms with Crippen molar-refractivity contribution in [3.8, 4) is 22.9 Å². The highest BCUT2D eigenvalue weighted by molar-refractivity contribution is 5.96. The van der Waals surface area contributed by atoms with Crippen LogP contribution in [-0.2, 0) is 4.79 Å². The van der Waals surface area contributed by atoms with Crippen LogP contribution in [-0.4, -0.2) is 49.0 Å². The molecule has 0 saturated carbocycles. The third kappa shape index (κ3) is 4.51. The molecule has 3 aromatic carbocycles. The number of hydrogen-bond acceptors (Lipinski definition) is 10. The normalized spacial score (nSPS) is 10.9. The smallest absolute Gasteiger partial charge is 0.432 e. The number of hydrogen-bond donors (Lipinski definition) is 2. The molecule has 0 atom stereocenters. The molecule has 13 nitrogen and oxygen atoms in total. The minimum atomic E-state index is -1.21. The molecule has 0 aliphatic rings. The average molecular weight is 514 g/mol. The lowest BCUT2D eigenvalue weighted by Crippen LogP contribution is -2.08. The SMILES string of the molecule is COc1cc2nc(-c3cccc([N+](=O)[O-])c3)nc(Nc3ccc4c(cnn4C(=O)O)c3)c2cc1OC(C)=O. The van der Waals surface area contributed by atoms with Crippen LogP contribution in [0.3, 0.4) is 0 Å². The lowest BCUT2D eigenvalue weighted by atomic mass is 10.1. The second-order valence-corrected chi connectivity index (χ2v) is 8.05. The number of anilines is 2. The number of benzene rings is 3. The summed E-state index contributed by atoms with van der Waals surface area (Å²) in [5.41, 5.74) is 1.65. The first kappa shape index (κ1) is 24.1. The number of nitro benzene ring substituents is 1. The van der Waals surface area contributed by atoms with E-state index in [2.05, 4.69) is 20.4 Å². The fourth-order valence-electron chi connectivity index (χ4n) is 3.91. The van der Waals surface area contributed by atoms with Gasteiger partial charge in [0.05, 0.1) is 29.3 Å². The third-order valence-electron chi connectivity index (χ3n) is 5.56. The number of nitrogens with one attached hydrogen (secondary N) is 1. The third-order valence-corrected chi connectivity index (χ3v) is 5.56. The monoisotopic (exact) mass is 514 g/mol. The molecule has 190 valence electrons. The lowest BCUT2D eigenvalue weighted by Gasteiger charge is -2.14. The summed E-state index contributed by atoms with van der Waals surface area (Å²) < 4.78 is 11.5. The maximum absolute atomic E-state index is 11.7. The summed E-state index contributed by atoms with van der Waals surface area (Å²) in [5, 5.41) is 28.7. The van der Waals surface area contributed by atoms with Crippen molar-refractivity contribution in [2.45, 2.75) is 6.92 Å². The molecule has 0 saturated heterocycles. The number of fused-ring (bicyclic) bond motifs is 2. The Bertz CT molecular complexity index is 1760. The minimum absolute atomic E-state index is 0.121. The number of aromatic nitrogens is 4. The van der Waals surface area contributed by atoms with Crippen LogP contribution in [0.15, 0.2) is 60.8 Å². The van der Waals surface area contributed by atoms with Crippen LogP contribution in [0.1, 0.15) is 6.92 Å². The van der Waals surface area contributed by atoms with Crippen LogP contribution < -0.4 is 14.8 Å². The number of carbonyl (C=O) groups is 2. The quantitative estimate of drug-likeness (QED) is 0.138. The van der Waals surface area contributed by atoms with Gasteiger partial charge in [-0.1, -0.05) is 12.1 Å². The molecule has 0 radical (unpaired) electrons. The van der Waals surface area contributed by atoms with Gasteiger partial charge in [-0.25, -0.2) is 14.8 Å². The summed E-state index contributed by atoms with van der Waals surface area (Å²) in [4.78, 5) is 43.0. The Hall–Kier alpha value is -5.59. The van der Waals surface area contributed by atoms with E-state index >= 15 is 0 Å². The maximum atomic E-state index is 11.7. The van der Waals surface area contributed by atoms with E-state index in [1.807, 2.05) is 0 Å². The minimum Gasteiger partial charge on any atom is -0.493 e. The van der Waals surface area contributed by atoms with Crippen molar-refractivity contribution < 1.29 is 29.1 Å². The zero-order valence-corrected chi connectivity index (χ0v) is 19.9. The summed E-state index contributed by atoms with van der Waals surface area (Å²) in [6, 6.07) is 14.0. The first-order chi connectivity index (χ1) is 18.2. The maximum Gasteiger partial charge on any atom is 0.432 e. The Balaban J connectivity index is 1.69. The van der Waals surface area contributed by atoms with Crippen molar-refractivity contribution in [3.63, 3.8) is 0 Å². The van der Waals surface area contributed by atoms with Crippen LogP contribution in [0.25, 0.3) is 33.2 Å². The van der Waals surface area contributed by atoms with Gasteiger partial charge in [-0.15, -0.1) is 0 Å². The molecule has 5 aromatic rings. The highest BCUT2D eigenvalue weighted by Crippen LogP contribution is 2.37. The van der Waals surface area contributed by atoms with Gasteiger partial charge in [-0.05, 0) is 24.3 Å². The van der Waals surface area contributed by atoms with Crippen molar-refractivity contribution in [2.75, 3.05) is 12.4 Å². The molecule has 0 unspecified atom stereocenters. The average Bonchev–Trinajstić information content (AvgIpc) is 3.32. The number of rotatable bonds is 6. The molecule has 2 heterocycles. The number of non-ortho nitro benzene ring substituents is 1. The summed E-state index contributed by atoms with van der Waals surface area (Å²) >= 11 is 0. The van der Waals surface area contributed by atoms with Crippen LogP contribution in [0, 0.1) is 10.1 Å². The second kappa shape index (κ2) is 9.46. The first-order valence-electron chi connectivity index (χ1n) is 11.0. The molecule has 38 heavy (non-hydrogen) atoms. The Kier molecular flexibility index (Phi) is 6.01. The molecule has 2 N–H and O–H groups in total. The molecular formula is C25H18N6O7. The van der Waals surface area contributed by atoms with Crippen LogP contribution in [0.4, 0.5) is 22.0 Å². The van der Waals surface area contributed by atoms with Gasteiger partial charge in [0.15, 0.2) is 17.3 Å². The summed E-state index contributed by atoms with van der Waals surface area (Å²) in [6.45, 7) is 1.26. The fraction of sp³-hybridized carbons (Fsp3) is 0.0800. The number of nitrogens with zero attached hydrogens (tertiary/aromatic N) is 5. The van der Waals surface area contributed by atoms with E-state index in [4.69, 9.17) is 9.47 Å². The zero-order chi connectivity index (χ0) is 27.0. The molecule has 0 aliphatic heterocycles. The standard InChI is InChI=1S/C25H18N6O7/c1-13(32)38-22-10-18-19(11-21(22)37-2)28-23(14-4-3-5-17(9-14)31(35)36)29-24(18)27-16-6-7-20-15(8-16)12-26-30(20)25(33)34/h3-12H,1-2H3,(H,33,34)(H,27,28,29). The van der Waals surface area contributed by atoms with Crippen LogP contribution >= 0.6 is 0 Å². The van der Waals surface area contributed by atoms with Gasteiger partial charge in [0.2, 0.25) is 0 Å². The van der Waals surface area contributed by atoms with E-state index in [0.29, 0.717) is 38.9 Å². The predicted octanol–water partition coefficient (Wildman–Crippen LogP) is 4.76. The Morgan fingerprint density at radius 3 is 2.61 bits per heavy atom. The molecule has 5 rings (SSSR count). The lowest BCUT2D eigenvalue weighted by molar-refractivity contribution is -0.384. The van der Waals surface area contributed by atoms with Gasteiger partial charge < -0.3 is 19.9 Å². The largest absolute Gasteiger partial charge is 0.493 e. The molecule has 2 aromatic heterocycles. The molecular weight excluding hydrogens is 496 g/mol. The van der Waals surface area contributed by atoms with E-state index in [1.165, 1.54) is 38.4 Å². The van der Waals surface area contributed by atoms with Crippen molar-refractivity contribution >= 4 is 51.1 Å². The molecule has 0 fully saturated rings. The van der Waals surface area contributed by atoms with E-state index < -0.39 is 17.0 Å². The highest BCUT2D eigenvalue weighted by atomic mass is 16.6. The van der Waals surface area contributed by atoms with Gasteiger partial charge in [0, 0.05) is 47.1 Å². The summed E-state index contributed by atoms with van der Waals surface area (Å²) in [5.74, 6) is 0.362. The highest BCUT2D eigenvalue weighted by Gasteiger charge is 2.18. The number of carbonyl (C=O) groups excluding carboxylic acids is 1. The number of methoxy groups -OCH3 is 1. The molecule has 0 bridgehead atoms. The summed E-state index contributed by atoms with van der Waals surface area (Å²) in [6.07, 6.45) is 0.210. The van der Waals surface area contributed by atoms with Crippen LogP contribution in [0.5, 0.6) is 11.5 Å². The van der Waals surface area contributed by atoms with E-state index in [-0.39, 0.29) is 23.0 Å².